The lowest BCUT2D eigenvalue weighted by molar-refractivity contribution is -0.125. The smallest absolute Gasteiger partial charge is 0.246 e. The van der Waals surface area contributed by atoms with Crippen LogP contribution in [-0.2, 0) is 16.0 Å². The summed E-state index contributed by atoms with van der Waals surface area (Å²) < 4.78 is 6.86. The first-order valence-electron chi connectivity index (χ1n) is 6.73. The molecule has 0 radical (unpaired) electrons. The Hall–Kier alpha value is -2.14. The first-order chi connectivity index (χ1) is 9.79. The van der Waals surface area contributed by atoms with Crippen molar-refractivity contribution in [2.75, 3.05) is 19.8 Å². The van der Waals surface area contributed by atoms with Gasteiger partial charge in [-0.25, -0.2) is 4.68 Å². The number of rotatable bonds is 7. The molecule has 1 amide bonds. The molecule has 0 fully saturated rings. The number of carbonyl (C=O) groups excluding carboxylic acids is 1. The van der Waals surface area contributed by atoms with Crippen LogP contribution in [0.3, 0.4) is 0 Å². The van der Waals surface area contributed by atoms with Crippen molar-refractivity contribution in [1.29, 1.82) is 0 Å². The second-order valence-electron chi connectivity index (χ2n) is 4.37. The molecule has 1 heterocycles. The topological polar surface area (TPSA) is 56.1 Å². The van der Waals surface area contributed by atoms with Gasteiger partial charge in [-0.05, 0) is 31.0 Å². The third-order valence-corrected chi connectivity index (χ3v) is 2.83. The van der Waals surface area contributed by atoms with Crippen LogP contribution in [0.15, 0.2) is 42.7 Å². The molecule has 0 bridgehead atoms. The number of para-hydroxylation sites is 1. The summed E-state index contributed by atoms with van der Waals surface area (Å²) >= 11 is 0. The lowest BCUT2D eigenvalue weighted by Crippen LogP contribution is -2.29. The van der Waals surface area contributed by atoms with Gasteiger partial charge < -0.3 is 10.1 Å². The molecule has 2 aromatic rings. The van der Waals surface area contributed by atoms with E-state index in [-0.39, 0.29) is 12.5 Å². The van der Waals surface area contributed by atoms with Crippen LogP contribution in [0.2, 0.25) is 0 Å². The molecule has 0 saturated carbocycles. The minimum absolute atomic E-state index is 0.0812. The molecule has 0 aliphatic carbocycles. The van der Waals surface area contributed by atoms with Gasteiger partial charge in [-0.2, -0.15) is 5.10 Å². The van der Waals surface area contributed by atoms with E-state index >= 15 is 0 Å². The first kappa shape index (κ1) is 14.3. The zero-order valence-corrected chi connectivity index (χ0v) is 11.6. The molecular formula is C15H19N3O2. The molecule has 1 aromatic heterocycles. The summed E-state index contributed by atoms with van der Waals surface area (Å²) in [6.45, 7) is 3.13. The zero-order chi connectivity index (χ0) is 14.2. The van der Waals surface area contributed by atoms with E-state index in [9.17, 15) is 4.79 Å². The maximum absolute atomic E-state index is 11.4. The van der Waals surface area contributed by atoms with Gasteiger partial charge in [0.1, 0.15) is 6.61 Å². The van der Waals surface area contributed by atoms with Gasteiger partial charge in [-0.15, -0.1) is 0 Å². The predicted octanol–water partition coefficient (Wildman–Crippen LogP) is 1.57. The summed E-state index contributed by atoms with van der Waals surface area (Å²) in [5, 5.41) is 7.13. The predicted molar refractivity (Wildman–Crippen MR) is 76.8 cm³/mol. The number of aromatic nitrogens is 2. The summed E-state index contributed by atoms with van der Waals surface area (Å²) in [6.07, 6.45) is 4.55. The monoisotopic (exact) mass is 273 g/mol. The summed E-state index contributed by atoms with van der Waals surface area (Å²) in [6, 6.07) is 9.93. The van der Waals surface area contributed by atoms with E-state index in [0.717, 1.165) is 17.7 Å². The van der Waals surface area contributed by atoms with Crippen molar-refractivity contribution in [2.24, 2.45) is 0 Å². The Morgan fingerprint density at radius 2 is 2.15 bits per heavy atom. The minimum Gasteiger partial charge on any atom is -0.372 e. The van der Waals surface area contributed by atoms with Crippen LogP contribution in [0, 0.1) is 0 Å². The number of nitrogens with one attached hydrogen (secondary N) is 1. The summed E-state index contributed by atoms with van der Waals surface area (Å²) in [4.78, 5) is 11.4. The number of nitrogens with zero attached hydrogens (tertiary/aromatic N) is 2. The van der Waals surface area contributed by atoms with Crippen LogP contribution < -0.4 is 5.32 Å². The maximum atomic E-state index is 11.4. The second-order valence-corrected chi connectivity index (χ2v) is 4.37. The van der Waals surface area contributed by atoms with Crippen LogP contribution in [0.4, 0.5) is 0 Å². The molecule has 0 aliphatic rings. The van der Waals surface area contributed by atoms with E-state index in [4.69, 9.17) is 4.74 Å². The standard InChI is InChI=1S/C15H19N3O2/c1-2-20-12-15(19)16-9-8-13-10-17-18(11-13)14-6-4-3-5-7-14/h3-7,10-11H,2,8-9,12H2,1H3,(H,16,19). The highest BCUT2D eigenvalue weighted by Crippen LogP contribution is 2.07. The fourth-order valence-electron chi connectivity index (χ4n) is 1.80. The third kappa shape index (κ3) is 4.20. The van der Waals surface area contributed by atoms with E-state index in [0.29, 0.717) is 13.2 Å². The van der Waals surface area contributed by atoms with E-state index in [1.165, 1.54) is 0 Å². The molecule has 0 saturated heterocycles. The normalized spacial score (nSPS) is 10.4. The Morgan fingerprint density at radius 3 is 2.90 bits per heavy atom. The Morgan fingerprint density at radius 1 is 1.35 bits per heavy atom. The number of amides is 1. The van der Waals surface area contributed by atoms with Gasteiger partial charge in [-0.3, -0.25) is 4.79 Å². The van der Waals surface area contributed by atoms with E-state index < -0.39 is 0 Å². The Labute approximate surface area is 118 Å². The molecule has 5 nitrogen and oxygen atoms in total. The maximum Gasteiger partial charge on any atom is 0.246 e. The molecule has 0 atom stereocenters. The van der Waals surface area contributed by atoms with Gasteiger partial charge in [0.25, 0.3) is 0 Å². The number of ether oxygens (including phenoxy) is 1. The Bertz CT molecular complexity index is 537. The van der Waals surface area contributed by atoms with E-state index in [1.54, 1.807) is 0 Å². The number of carbonyl (C=O) groups is 1. The molecular weight excluding hydrogens is 254 g/mol. The fourth-order valence-corrected chi connectivity index (χ4v) is 1.80. The van der Waals surface area contributed by atoms with E-state index in [2.05, 4.69) is 10.4 Å². The highest BCUT2D eigenvalue weighted by molar-refractivity contribution is 5.77. The quantitative estimate of drug-likeness (QED) is 0.833. The van der Waals surface area contributed by atoms with Crippen molar-refractivity contribution < 1.29 is 9.53 Å². The molecule has 1 N–H and O–H groups in total. The van der Waals surface area contributed by atoms with Crippen molar-refractivity contribution >= 4 is 5.91 Å². The van der Waals surface area contributed by atoms with Gasteiger partial charge in [0.15, 0.2) is 0 Å². The average molecular weight is 273 g/mol. The Balaban J connectivity index is 1.80. The van der Waals surface area contributed by atoms with Crippen molar-refractivity contribution in [3.05, 3.63) is 48.3 Å². The van der Waals surface area contributed by atoms with Crippen molar-refractivity contribution in [2.45, 2.75) is 13.3 Å². The SMILES string of the molecule is CCOCC(=O)NCCc1cnn(-c2ccccc2)c1. The van der Waals surface area contributed by atoms with Gasteiger partial charge in [0, 0.05) is 19.3 Å². The third-order valence-electron chi connectivity index (χ3n) is 2.83. The Kier molecular flexibility index (Phi) is 5.32. The highest BCUT2D eigenvalue weighted by atomic mass is 16.5. The lowest BCUT2D eigenvalue weighted by Gasteiger charge is -2.03. The zero-order valence-electron chi connectivity index (χ0n) is 11.6. The largest absolute Gasteiger partial charge is 0.372 e. The highest BCUT2D eigenvalue weighted by Gasteiger charge is 2.03. The lowest BCUT2D eigenvalue weighted by atomic mass is 10.2. The van der Waals surface area contributed by atoms with Gasteiger partial charge in [0.05, 0.1) is 11.9 Å². The van der Waals surface area contributed by atoms with Crippen molar-refractivity contribution in [1.82, 2.24) is 15.1 Å². The average Bonchev–Trinajstić information content (AvgIpc) is 2.95. The first-order valence-corrected chi connectivity index (χ1v) is 6.73. The van der Waals surface area contributed by atoms with Crippen molar-refractivity contribution in [3.8, 4) is 5.69 Å². The van der Waals surface area contributed by atoms with Gasteiger partial charge in [0.2, 0.25) is 5.91 Å². The second kappa shape index (κ2) is 7.45. The van der Waals surface area contributed by atoms with Gasteiger partial charge in [-0.1, -0.05) is 18.2 Å². The molecule has 20 heavy (non-hydrogen) atoms. The summed E-state index contributed by atoms with van der Waals surface area (Å²) in [7, 11) is 0. The molecule has 0 aliphatic heterocycles. The summed E-state index contributed by atoms with van der Waals surface area (Å²) in [5.74, 6) is -0.0812. The molecule has 0 spiro atoms. The van der Waals surface area contributed by atoms with Crippen LogP contribution in [0.1, 0.15) is 12.5 Å². The molecule has 1 aromatic carbocycles. The molecule has 0 unspecified atom stereocenters. The minimum atomic E-state index is -0.0812. The number of benzene rings is 1. The molecule has 2 rings (SSSR count). The van der Waals surface area contributed by atoms with Gasteiger partial charge >= 0.3 is 0 Å². The molecule has 5 heteroatoms. The molecule has 106 valence electrons. The van der Waals surface area contributed by atoms with Crippen LogP contribution in [0.5, 0.6) is 0 Å². The van der Waals surface area contributed by atoms with Crippen LogP contribution in [-0.4, -0.2) is 35.4 Å². The van der Waals surface area contributed by atoms with Crippen molar-refractivity contribution in [3.63, 3.8) is 0 Å². The summed E-state index contributed by atoms with van der Waals surface area (Å²) in [5.41, 5.74) is 2.12. The fraction of sp³-hybridized carbons (Fsp3) is 0.333. The van der Waals surface area contributed by atoms with Crippen LogP contribution >= 0.6 is 0 Å². The van der Waals surface area contributed by atoms with Crippen LogP contribution in [0.25, 0.3) is 5.69 Å². The van der Waals surface area contributed by atoms with E-state index in [1.807, 2.05) is 54.3 Å². The number of hydrogen-bond acceptors (Lipinski definition) is 3. The number of hydrogen-bond donors (Lipinski definition) is 1.